The number of methoxy groups -OCH3 is 3. The fourth-order valence-electron chi connectivity index (χ4n) is 1.48. The normalized spacial score (nSPS) is 10.2. The van der Waals surface area contributed by atoms with Gasteiger partial charge in [-0.05, 0) is 12.1 Å². The van der Waals surface area contributed by atoms with Crippen LogP contribution in [0.25, 0.3) is 0 Å². The lowest BCUT2D eigenvalue weighted by Crippen LogP contribution is -2.20. The quantitative estimate of drug-likeness (QED) is 0.477. The fourth-order valence-corrected chi connectivity index (χ4v) is 1.48. The number of carbonyl (C=O) groups is 1. The molecule has 0 aliphatic heterocycles. The molecular formula is C13H19N3O4. The number of hydrogen-bond donors (Lipinski definition) is 1. The summed E-state index contributed by atoms with van der Waals surface area (Å²) in [6, 6.07) is 3.11. The zero-order valence-corrected chi connectivity index (χ0v) is 12.3. The first-order chi connectivity index (χ1) is 9.53. The zero-order chi connectivity index (χ0) is 15.1. The highest BCUT2D eigenvalue weighted by Crippen LogP contribution is 2.38. The molecule has 1 aromatic rings. The Bertz CT molecular complexity index is 475. The molecule has 1 amide bonds. The Balaban J connectivity index is 3.03. The van der Waals surface area contributed by atoms with Crippen LogP contribution in [-0.2, 0) is 0 Å². The van der Waals surface area contributed by atoms with Gasteiger partial charge in [0.1, 0.15) is 6.34 Å². The Labute approximate surface area is 118 Å². The van der Waals surface area contributed by atoms with E-state index in [-0.39, 0.29) is 5.91 Å². The van der Waals surface area contributed by atoms with E-state index in [4.69, 9.17) is 14.2 Å². The number of rotatable bonds is 6. The van der Waals surface area contributed by atoms with E-state index >= 15 is 0 Å². The lowest BCUT2D eigenvalue weighted by atomic mass is 10.1. The van der Waals surface area contributed by atoms with Gasteiger partial charge in [-0.2, -0.15) is 5.10 Å². The minimum Gasteiger partial charge on any atom is -0.493 e. The van der Waals surface area contributed by atoms with Gasteiger partial charge in [-0.3, -0.25) is 4.79 Å². The van der Waals surface area contributed by atoms with Crippen LogP contribution in [-0.4, -0.2) is 52.6 Å². The van der Waals surface area contributed by atoms with Gasteiger partial charge in [0.05, 0.1) is 21.3 Å². The van der Waals surface area contributed by atoms with Crippen molar-refractivity contribution < 1.29 is 19.0 Å². The Kier molecular flexibility index (Phi) is 5.64. The van der Waals surface area contributed by atoms with Crippen LogP contribution in [0.1, 0.15) is 10.4 Å². The van der Waals surface area contributed by atoms with Crippen molar-refractivity contribution in [3.05, 3.63) is 17.7 Å². The Morgan fingerprint density at radius 2 is 1.70 bits per heavy atom. The molecule has 1 rings (SSSR count). The van der Waals surface area contributed by atoms with Gasteiger partial charge in [-0.25, -0.2) is 5.43 Å². The summed E-state index contributed by atoms with van der Waals surface area (Å²) in [4.78, 5) is 13.7. The largest absolute Gasteiger partial charge is 0.493 e. The molecule has 1 N–H and O–H groups in total. The standard InChI is InChI=1S/C13H19N3O4/c1-16(2)8-14-15-13(17)9-6-10(18-3)12(20-5)11(7-9)19-4/h6-8H,1-5H3,(H,15,17). The van der Waals surface area contributed by atoms with E-state index in [9.17, 15) is 4.79 Å². The number of hydrogen-bond acceptors (Lipinski definition) is 5. The predicted octanol–water partition coefficient (Wildman–Crippen LogP) is 0.947. The first-order valence-electron chi connectivity index (χ1n) is 5.83. The Morgan fingerprint density at radius 3 is 2.10 bits per heavy atom. The molecule has 0 bridgehead atoms. The molecule has 0 unspecified atom stereocenters. The summed E-state index contributed by atoms with van der Waals surface area (Å²) >= 11 is 0. The maximum Gasteiger partial charge on any atom is 0.271 e. The summed E-state index contributed by atoms with van der Waals surface area (Å²) in [6.45, 7) is 0. The van der Waals surface area contributed by atoms with Crippen molar-refractivity contribution in [1.82, 2.24) is 10.3 Å². The van der Waals surface area contributed by atoms with Crippen LogP contribution in [0.5, 0.6) is 17.2 Å². The SMILES string of the molecule is COc1cc(C(=O)NN=CN(C)C)cc(OC)c1OC. The molecule has 7 nitrogen and oxygen atoms in total. The van der Waals surface area contributed by atoms with Crippen LogP contribution >= 0.6 is 0 Å². The summed E-state index contributed by atoms with van der Waals surface area (Å²) < 4.78 is 15.5. The van der Waals surface area contributed by atoms with Crippen LogP contribution in [0.3, 0.4) is 0 Å². The third-order valence-electron chi connectivity index (χ3n) is 2.38. The number of amides is 1. The van der Waals surface area contributed by atoms with Gasteiger partial charge in [0.2, 0.25) is 5.75 Å². The van der Waals surface area contributed by atoms with E-state index in [2.05, 4.69) is 10.5 Å². The molecular weight excluding hydrogens is 262 g/mol. The molecule has 1 aromatic carbocycles. The molecule has 0 fully saturated rings. The summed E-state index contributed by atoms with van der Waals surface area (Å²) in [6.07, 6.45) is 1.48. The number of benzene rings is 1. The molecule has 0 saturated heterocycles. The second-order valence-electron chi connectivity index (χ2n) is 4.06. The van der Waals surface area contributed by atoms with E-state index in [1.807, 2.05) is 0 Å². The lowest BCUT2D eigenvalue weighted by molar-refractivity contribution is 0.0954. The number of hydrazone groups is 1. The summed E-state index contributed by atoms with van der Waals surface area (Å²) in [7, 11) is 8.08. The van der Waals surface area contributed by atoms with Crippen molar-refractivity contribution in [2.24, 2.45) is 5.10 Å². The maximum atomic E-state index is 12.0. The second kappa shape index (κ2) is 7.22. The van der Waals surface area contributed by atoms with E-state index in [0.717, 1.165) is 0 Å². The predicted molar refractivity (Wildman–Crippen MR) is 75.7 cm³/mol. The first-order valence-corrected chi connectivity index (χ1v) is 5.83. The van der Waals surface area contributed by atoms with Crippen molar-refractivity contribution in [1.29, 1.82) is 0 Å². The van der Waals surface area contributed by atoms with E-state index in [0.29, 0.717) is 22.8 Å². The van der Waals surface area contributed by atoms with Gasteiger partial charge in [0.15, 0.2) is 11.5 Å². The third-order valence-corrected chi connectivity index (χ3v) is 2.38. The first kappa shape index (κ1) is 15.6. The zero-order valence-electron chi connectivity index (χ0n) is 12.3. The topological polar surface area (TPSA) is 72.4 Å². The fraction of sp³-hybridized carbons (Fsp3) is 0.385. The van der Waals surface area contributed by atoms with Crippen LogP contribution in [0.15, 0.2) is 17.2 Å². The van der Waals surface area contributed by atoms with Crippen LogP contribution in [0.4, 0.5) is 0 Å². The van der Waals surface area contributed by atoms with Gasteiger partial charge in [-0.1, -0.05) is 0 Å². The minimum atomic E-state index is -0.373. The van der Waals surface area contributed by atoms with Gasteiger partial charge in [0, 0.05) is 19.7 Å². The number of nitrogens with zero attached hydrogens (tertiary/aromatic N) is 2. The molecule has 0 aliphatic carbocycles. The molecule has 0 saturated carbocycles. The molecule has 110 valence electrons. The average Bonchev–Trinajstić information content (AvgIpc) is 2.44. The smallest absolute Gasteiger partial charge is 0.271 e. The van der Waals surface area contributed by atoms with E-state index in [1.54, 1.807) is 31.1 Å². The van der Waals surface area contributed by atoms with Crippen LogP contribution in [0.2, 0.25) is 0 Å². The molecule has 0 heterocycles. The molecule has 0 radical (unpaired) electrons. The molecule has 7 heteroatoms. The molecule has 0 aromatic heterocycles. The van der Waals surface area contributed by atoms with Crippen LogP contribution in [0, 0.1) is 0 Å². The maximum absolute atomic E-state index is 12.0. The van der Waals surface area contributed by atoms with Crippen molar-refractivity contribution in [2.45, 2.75) is 0 Å². The van der Waals surface area contributed by atoms with Gasteiger partial charge in [-0.15, -0.1) is 0 Å². The number of ether oxygens (including phenoxy) is 3. The molecule has 20 heavy (non-hydrogen) atoms. The van der Waals surface area contributed by atoms with Crippen molar-refractivity contribution in [3.63, 3.8) is 0 Å². The van der Waals surface area contributed by atoms with Crippen LogP contribution < -0.4 is 19.6 Å². The highest BCUT2D eigenvalue weighted by Gasteiger charge is 2.16. The molecule has 0 aliphatic rings. The van der Waals surface area contributed by atoms with Gasteiger partial charge in [0.25, 0.3) is 5.91 Å². The third kappa shape index (κ3) is 3.78. The molecule has 0 atom stereocenters. The van der Waals surface area contributed by atoms with E-state index < -0.39 is 0 Å². The average molecular weight is 281 g/mol. The minimum absolute atomic E-state index is 0.357. The number of nitrogens with one attached hydrogen (secondary N) is 1. The summed E-state index contributed by atoms with van der Waals surface area (Å²) in [5.41, 5.74) is 2.76. The highest BCUT2D eigenvalue weighted by molar-refractivity contribution is 5.95. The Morgan fingerprint density at radius 1 is 1.15 bits per heavy atom. The Hall–Kier alpha value is -2.44. The van der Waals surface area contributed by atoms with Crippen molar-refractivity contribution >= 4 is 12.2 Å². The van der Waals surface area contributed by atoms with E-state index in [1.165, 1.54) is 27.7 Å². The van der Waals surface area contributed by atoms with Gasteiger partial charge >= 0.3 is 0 Å². The molecule has 0 spiro atoms. The van der Waals surface area contributed by atoms with Crippen molar-refractivity contribution in [3.8, 4) is 17.2 Å². The lowest BCUT2D eigenvalue weighted by Gasteiger charge is -2.13. The second-order valence-corrected chi connectivity index (χ2v) is 4.06. The van der Waals surface area contributed by atoms with Crippen molar-refractivity contribution in [2.75, 3.05) is 35.4 Å². The highest BCUT2D eigenvalue weighted by atomic mass is 16.5. The monoisotopic (exact) mass is 281 g/mol. The van der Waals surface area contributed by atoms with Gasteiger partial charge < -0.3 is 19.1 Å². The summed E-state index contributed by atoms with van der Waals surface area (Å²) in [5, 5.41) is 3.79. The summed E-state index contributed by atoms with van der Waals surface area (Å²) in [5.74, 6) is 0.882. The number of carbonyl (C=O) groups excluding carboxylic acids is 1.